The number of nitrogens with zero attached hydrogens (tertiary/aromatic N) is 2. The van der Waals surface area contributed by atoms with Crippen molar-refractivity contribution in [2.45, 2.75) is 96.3 Å². The van der Waals surface area contributed by atoms with Gasteiger partial charge >= 0.3 is 6.09 Å². The fourth-order valence-electron chi connectivity index (χ4n) is 4.65. The van der Waals surface area contributed by atoms with Crippen LogP contribution in [0.1, 0.15) is 83.1 Å². The number of aliphatic hydroxyl groups excluding tert-OH is 1. The number of hydrogen-bond acceptors (Lipinski definition) is 5. The van der Waals surface area contributed by atoms with Gasteiger partial charge in [-0.15, -0.1) is 0 Å². The minimum absolute atomic E-state index is 0.172. The molecular formula is C28H48N2O4. The number of carbonyl (C=O) groups excluding carboxylic acids is 1. The summed E-state index contributed by atoms with van der Waals surface area (Å²) in [4.78, 5) is 17.1. The Labute approximate surface area is 207 Å². The van der Waals surface area contributed by atoms with Gasteiger partial charge in [0.15, 0.2) is 0 Å². The molecule has 0 spiro atoms. The summed E-state index contributed by atoms with van der Waals surface area (Å²) in [6.45, 7) is 6.18. The molecule has 6 nitrogen and oxygen atoms in total. The second-order valence-corrected chi connectivity index (χ2v) is 9.68. The Bertz CT molecular complexity index is 635. The van der Waals surface area contributed by atoms with E-state index in [1.165, 1.54) is 19.3 Å². The molecule has 1 aliphatic rings. The summed E-state index contributed by atoms with van der Waals surface area (Å²) in [6.07, 6.45) is 12.2. The van der Waals surface area contributed by atoms with E-state index in [-0.39, 0.29) is 18.7 Å². The van der Waals surface area contributed by atoms with Gasteiger partial charge in [0, 0.05) is 25.7 Å². The van der Waals surface area contributed by atoms with Gasteiger partial charge in [-0.1, -0.05) is 62.9 Å². The van der Waals surface area contributed by atoms with Crippen molar-refractivity contribution in [2.24, 2.45) is 0 Å². The molecule has 0 bridgehead atoms. The van der Waals surface area contributed by atoms with Crippen LogP contribution in [0.15, 0.2) is 30.3 Å². The first-order valence-corrected chi connectivity index (χ1v) is 13.5. The van der Waals surface area contributed by atoms with E-state index in [1.807, 2.05) is 35.2 Å². The van der Waals surface area contributed by atoms with Gasteiger partial charge in [0.25, 0.3) is 0 Å². The van der Waals surface area contributed by atoms with E-state index >= 15 is 0 Å². The maximum atomic E-state index is 12.9. The highest BCUT2D eigenvalue weighted by Gasteiger charge is 2.29. The number of amides is 1. The highest BCUT2D eigenvalue weighted by Crippen LogP contribution is 2.26. The van der Waals surface area contributed by atoms with Crippen molar-refractivity contribution in [3.05, 3.63) is 35.9 Å². The zero-order valence-electron chi connectivity index (χ0n) is 21.6. The lowest BCUT2D eigenvalue weighted by Gasteiger charge is -2.36. The zero-order valence-corrected chi connectivity index (χ0v) is 21.6. The van der Waals surface area contributed by atoms with Crippen LogP contribution < -0.4 is 0 Å². The SMILES string of the molecule is CCCCCN(C(=O)OCc1ccccc1)[C@H]1CC[C@H](OCCCCCCN(C)CCO)CC1. The largest absolute Gasteiger partial charge is 0.445 e. The number of unbranched alkanes of at least 4 members (excludes halogenated alkanes) is 5. The van der Waals surface area contributed by atoms with Crippen molar-refractivity contribution in [2.75, 3.05) is 39.9 Å². The quantitative estimate of drug-likeness (QED) is 0.295. The first-order valence-electron chi connectivity index (χ1n) is 13.5. The van der Waals surface area contributed by atoms with Crippen LogP contribution in [0.25, 0.3) is 0 Å². The lowest BCUT2D eigenvalue weighted by Crippen LogP contribution is -2.44. The Morgan fingerprint density at radius 2 is 1.65 bits per heavy atom. The monoisotopic (exact) mass is 476 g/mol. The van der Waals surface area contributed by atoms with Crippen LogP contribution >= 0.6 is 0 Å². The van der Waals surface area contributed by atoms with Gasteiger partial charge in [0.2, 0.25) is 0 Å². The molecule has 0 aromatic heterocycles. The minimum Gasteiger partial charge on any atom is -0.445 e. The molecule has 1 aromatic rings. The Hall–Kier alpha value is -1.63. The maximum Gasteiger partial charge on any atom is 0.410 e. The second-order valence-electron chi connectivity index (χ2n) is 9.68. The van der Waals surface area contributed by atoms with Crippen molar-refractivity contribution in [1.29, 1.82) is 0 Å². The molecular weight excluding hydrogens is 428 g/mol. The maximum absolute atomic E-state index is 12.9. The number of carbonyl (C=O) groups is 1. The number of ether oxygens (including phenoxy) is 2. The molecule has 34 heavy (non-hydrogen) atoms. The number of aliphatic hydroxyl groups is 1. The smallest absolute Gasteiger partial charge is 0.410 e. The van der Waals surface area contributed by atoms with Crippen LogP contribution in [0.2, 0.25) is 0 Å². The van der Waals surface area contributed by atoms with Crippen LogP contribution in [-0.4, -0.2) is 73.0 Å². The second kappa shape index (κ2) is 17.8. The average Bonchev–Trinajstić information content (AvgIpc) is 2.86. The molecule has 1 aliphatic carbocycles. The van der Waals surface area contributed by atoms with E-state index in [9.17, 15) is 4.79 Å². The van der Waals surface area contributed by atoms with E-state index < -0.39 is 0 Å². The van der Waals surface area contributed by atoms with Gasteiger partial charge in [0.1, 0.15) is 6.61 Å². The summed E-state index contributed by atoms with van der Waals surface area (Å²) in [6, 6.07) is 10.2. The molecule has 6 heteroatoms. The zero-order chi connectivity index (χ0) is 24.4. The van der Waals surface area contributed by atoms with Gasteiger partial charge in [-0.05, 0) is 64.1 Å². The number of likely N-dealkylation sites (N-methyl/N-ethyl adjacent to an activating group) is 1. The van der Waals surface area contributed by atoms with E-state index in [0.29, 0.717) is 12.7 Å². The van der Waals surface area contributed by atoms with Crippen molar-refractivity contribution in [3.63, 3.8) is 0 Å². The molecule has 1 saturated carbocycles. The summed E-state index contributed by atoms with van der Waals surface area (Å²) in [5.41, 5.74) is 1.03. The molecule has 1 aromatic carbocycles. The highest BCUT2D eigenvalue weighted by atomic mass is 16.6. The van der Waals surface area contributed by atoms with Crippen molar-refractivity contribution < 1.29 is 19.4 Å². The summed E-state index contributed by atoms with van der Waals surface area (Å²) >= 11 is 0. The van der Waals surface area contributed by atoms with Crippen LogP contribution in [0.4, 0.5) is 4.79 Å². The van der Waals surface area contributed by atoms with E-state index in [0.717, 1.165) is 83.2 Å². The van der Waals surface area contributed by atoms with Crippen molar-refractivity contribution in [3.8, 4) is 0 Å². The van der Waals surface area contributed by atoms with Crippen molar-refractivity contribution in [1.82, 2.24) is 9.80 Å². The molecule has 0 atom stereocenters. The average molecular weight is 477 g/mol. The topological polar surface area (TPSA) is 62.2 Å². The molecule has 1 amide bonds. The number of hydrogen-bond donors (Lipinski definition) is 1. The summed E-state index contributed by atoms with van der Waals surface area (Å²) in [7, 11) is 2.06. The molecule has 0 saturated heterocycles. The minimum atomic E-state index is -0.172. The van der Waals surface area contributed by atoms with Gasteiger partial charge in [-0.3, -0.25) is 0 Å². The normalized spacial score (nSPS) is 18.2. The van der Waals surface area contributed by atoms with Gasteiger partial charge < -0.3 is 24.4 Å². The summed E-state index contributed by atoms with van der Waals surface area (Å²) < 4.78 is 11.8. The third-order valence-corrected chi connectivity index (χ3v) is 6.80. The van der Waals surface area contributed by atoms with Crippen LogP contribution in [-0.2, 0) is 16.1 Å². The Morgan fingerprint density at radius 3 is 2.35 bits per heavy atom. The van der Waals surface area contributed by atoms with Crippen LogP contribution in [0.3, 0.4) is 0 Å². The predicted octanol–water partition coefficient (Wildman–Crippen LogP) is 5.63. The van der Waals surface area contributed by atoms with Crippen LogP contribution in [0, 0.1) is 0 Å². The molecule has 0 aliphatic heterocycles. The Morgan fingerprint density at radius 1 is 0.941 bits per heavy atom. The van der Waals surface area contributed by atoms with Crippen molar-refractivity contribution >= 4 is 6.09 Å². The van der Waals surface area contributed by atoms with E-state index in [2.05, 4.69) is 18.9 Å². The van der Waals surface area contributed by atoms with Gasteiger partial charge in [-0.25, -0.2) is 4.79 Å². The van der Waals surface area contributed by atoms with Gasteiger partial charge in [-0.2, -0.15) is 0 Å². The summed E-state index contributed by atoms with van der Waals surface area (Å²) in [5.74, 6) is 0. The first-order chi connectivity index (χ1) is 16.6. The van der Waals surface area contributed by atoms with Crippen LogP contribution in [0.5, 0.6) is 0 Å². The molecule has 1 fully saturated rings. The third kappa shape index (κ3) is 11.7. The highest BCUT2D eigenvalue weighted by molar-refractivity contribution is 5.68. The summed E-state index contributed by atoms with van der Waals surface area (Å²) in [5, 5.41) is 8.94. The molecule has 0 unspecified atom stereocenters. The number of rotatable bonds is 17. The van der Waals surface area contributed by atoms with Gasteiger partial charge in [0.05, 0.1) is 12.7 Å². The lowest BCUT2D eigenvalue weighted by molar-refractivity contribution is 0.00302. The Balaban J connectivity index is 1.66. The molecule has 1 N–H and O–H groups in total. The Kier molecular flexibility index (Phi) is 14.9. The number of benzene rings is 1. The third-order valence-electron chi connectivity index (χ3n) is 6.80. The standard InChI is InChI=1S/C28H48N2O4/c1-3-4-10-20-30(28(32)34-24-25-13-8-7-9-14-25)26-15-17-27(18-16-26)33-23-12-6-5-11-19-29(2)21-22-31/h7-9,13-14,26-27,31H,3-6,10-12,15-24H2,1-2H3/t26-,27-. The fraction of sp³-hybridized carbons (Fsp3) is 0.750. The molecule has 0 heterocycles. The van der Waals surface area contributed by atoms with E-state index in [4.69, 9.17) is 14.6 Å². The predicted molar refractivity (Wildman–Crippen MR) is 138 cm³/mol. The molecule has 194 valence electrons. The lowest BCUT2D eigenvalue weighted by atomic mass is 9.91. The molecule has 2 rings (SSSR count). The first kappa shape index (κ1) is 28.6. The molecule has 0 radical (unpaired) electrons. The fourth-order valence-corrected chi connectivity index (χ4v) is 4.65. The van der Waals surface area contributed by atoms with E-state index in [1.54, 1.807) is 0 Å².